The van der Waals surface area contributed by atoms with Crippen molar-refractivity contribution >= 4 is 6.09 Å². The largest absolute Gasteiger partial charge is 0.853 e. The topological polar surface area (TPSA) is 61.4 Å². The first kappa shape index (κ1) is 10.5. The van der Waals surface area contributed by atoms with Gasteiger partial charge in [0, 0.05) is 6.54 Å². The van der Waals surface area contributed by atoms with Crippen molar-refractivity contribution in [3.05, 3.63) is 35.9 Å². The molecule has 14 heavy (non-hydrogen) atoms. The van der Waals surface area contributed by atoms with Gasteiger partial charge in [-0.3, -0.25) is 0 Å². The summed E-state index contributed by atoms with van der Waals surface area (Å²) in [5.74, 6) is 0. The molecule has 0 fully saturated rings. The normalized spacial score (nSPS) is 9.50. The van der Waals surface area contributed by atoms with Gasteiger partial charge in [-0.15, -0.1) is 6.61 Å². The highest BCUT2D eigenvalue weighted by molar-refractivity contribution is 5.67. The van der Waals surface area contributed by atoms with Crippen LogP contribution in [0.4, 0.5) is 4.79 Å². The second-order valence-corrected chi connectivity index (χ2v) is 2.69. The third kappa shape index (κ3) is 3.91. The number of carbonyl (C=O) groups is 1. The van der Waals surface area contributed by atoms with Crippen LogP contribution in [0.3, 0.4) is 0 Å². The molecule has 76 valence electrons. The Kier molecular flexibility index (Phi) is 4.50. The summed E-state index contributed by atoms with van der Waals surface area (Å²) in [6.07, 6.45) is -0.551. The Morgan fingerprint density at radius 2 is 2.07 bits per heavy atom. The fourth-order valence-corrected chi connectivity index (χ4v) is 0.927. The molecule has 0 unspecified atom stereocenters. The lowest BCUT2D eigenvalue weighted by Gasteiger charge is -2.07. The van der Waals surface area contributed by atoms with Gasteiger partial charge >= 0.3 is 6.09 Å². The first-order valence-electron chi connectivity index (χ1n) is 4.35. The highest BCUT2D eigenvalue weighted by atomic mass is 16.5. The van der Waals surface area contributed by atoms with Gasteiger partial charge in [-0.05, 0) is 5.56 Å². The summed E-state index contributed by atoms with van der Waals surface area (Å²) >= 11 is 0. The molecule has 0 heterocycles. The first-order chi connectivity index (χ1) is 6.83. The van der Waals surface area contributed by atoms with Gasteiger partial charge in [0.2, 0.25) is 0 Å². The molecule has 4 nitrogen and oxygen atoms in total. The maximum Gasteiger partial charge on any atom is 0.407 e. The molecular formula is C10H12NO3-. The van der Waals surface area contributed by atoms with Gasteiger partial charge in [0.05, 0.1) is 0 Å². The van der Waals surface area contributed by atoms with E-state index in [2.05, 4.69) is 5.32 Å². The number of rotatable bonds is 4. The van der Waals surface area contributed by atoms with Crippen LogP contribution in [-0.2, 0) is 11.3 Å². The molecule has 0 aliphatic rings. The number of ether oxygens (including phenoxy) is 1. The van der Waals surface area contributed by atoms with Crippen molar-refractivity contribution in [1.29, 1.82) is 0 Å². The lowest BCUT2D eigenvalue weighted by Crippen LogP contribution is -2.30. The predicted octanol–water partition coefficient (Wildman–Crippen LogP) is 0.273. The third-order valence-electron chi connectivity index (χ3n) is 1.58. The van der Waals surface area contributed by atoms with Gasteiger partial charge in [-0.25, -0.2) is 4.79 Å². The number of amides is 1. The van der Waals surface area contributed by atoms with Crippen molar-refractivity contribution in [2.24, 2.45) is 0 Å². The van der Waals surface area contributed by atoms with Crippen LogP contribution in [0.5, 0.6) is 0 Å². The molecule has 0 saturated heterocycles. The Hall–Kier alpha value is -1.55. The third-order valence-corrected chi connectivity index (χ3v) is 1.58. The maximum atomic E-state index is 10.9. The van der Waals surface area contributed by atoms with Crippen LogP contribution < -0.4 is 10.4 Å². The van der Waals surface area contributed by atoms with Crippen LogP contribution >= 0.6 is 0 Å². The summed E-state index contributed by atoms with van der Waals surface area (Å²) in [5, 5.41) is 12.4. The highest BCUT2D eigenvalue weighted by Gasteiger charge is 1.99. The van der Waals surface area contributed by atoms with E-state index in [1.54, 1.807) is 0 Å². The van der Waals surface area contributed by atoms with Gasteiger partial charge < -0.3 is 15.2 Å². The van der Waals surface area contributed by atoms with E-state index >= 15 is 0 Å². The Morgan fingerprint density at radius 3 is 2.71 bits per heavy atom. The molecular weight excluding hydrogens is 182 g/mol. The van der Waals surface area contributed by atoms with E-state index < -0.39 is 6.09 Å². The van der Waals surface area contributed by atoms with E-state index in [0.717, 1.165) is 5.56 Å². The second-order valence-electron chi connectivity index (χ2n) is 2.69. The summed E-state index contributed by atoms with van der Waals surface area (Å²) < 4.78 is 4.84. The predicted molar refractivity (Wildman–Crippen MR) is 49.5 cm³/mol. The molecule has 0 bridgehead atoms. The minimum Gasteiger partial charge on any atom is -0.853 e. The molecule has 0 atom stereocenters. The average Bonchev–Trinajstić information content (AvgIpc) is 2.25. The van der Waals surface area contributed by atoms with Crippen molar-refractivity contribution in [3.8, 4) is 0 Å². The molecule has 0 aliphatic carbocycles. The Balaban J connectivity index is 2.24. The number of hydrogen-bond acceptors (Lipinski definition) is 3. The van der Waals surface area contributed by atoms with Gasteiger partial charge in [0.25, 0.3) is 0 Å². The van der Waals surface area contributed by atoms with Crippen molar-refractivity contribution in [2.75, 3.05) is 13.2 Å². The molecule has 1 N–H and O–H groups in total. The van der Waals surface area contributed by atoms with Crippen molar-refractivity contribution in [2.45, 2.75) is 6.61 Å². The maximum absolute atomic E-state index is 10.9. The number of benzene rings is 1. The van der Waals surface area contributed by atoms with E-state index in [1.807, 2.05) is 30.3 Å². The Labute approximate surface area is 82.5 Å². The number of nitrogens with one attached hydrogen (secondary N) is 1. The molecule has 0 saturated carbocycles. The standard InChI is InChI=1S/C10H12NO3/c12-7-6-11-10(13)14-8-9-4-2-1-3-5-9/h1-5H,6-8H2,(H,11,13)/q-1. The summed E-state index contributed by atoms with van der Waals surface area (Å²) in [4.78, 5) is 10.9. The molecule has 0 aromatic heterocycles. The van der Waals surface area contributed by atoms with Crippen LogP contribution in [0.25, 0.3) is 0 Å². The van der Waals surface area contributed by atoms with Crippen LogP contribution in [-0.4, -0.2) is 19.2 Å². The summed E-state index contributed by atoms with van der Waals surface area (Å²) in [6.45, 7) is -0.000406. The van der Waals surface area contributed by atoms with Gasteiger partial charge in [-0.1, -0.05) is 30.3 Å². The lowest BCUT2D eigenvalue weighted by molar-refractivity contribution is -0.364. The number of alkyl carbamates (subject to hydrolysis) is 1. The fraction of sp³-hybridized carbons (Fsp3) is 0.300. The van der Waals surface area contributed by atoms with Crippen LogP contribution in [0, 0.1) is 0 Å². The number of carbonyl (C=O) groups excluding carboxylic acids is 1. The summed E-state index contributed by atoms with van der Waals surface area (Å²) in [7, 11) is 0. The van der Waals surface area contributed by atoms with Gasteiger partial charge in [0.1, 0.15) is 6.61 Å². The van der Waals surface area contributed by atoms with Crippen molar-refractivity contribution in [3.63, 3.8) is 0 Å². The summed E-state index contributed by atoms with van der Waals surface area (Å²) in [6, 6.07) is 9.35. The zero-order chi connectivity index (χ0) is 10.2. The average molecular weight is 194 g/mol. The zero-order valence-electron chi connectivity index (χ0n) is 7.73. The SMILES string of the molecule is O=C(NCC[O-])OCc1ccccc1. The monoisotopic (exact) mass is 194 g/mol. The summed E-state index contributed by atoms with van der Waals surface area (Å²) in [5.41, 5.74) is 0.921. The lowest BCUT2D eigenvalue weighted by atomic mass is 10.2. The van der Waals surface area contributed by atoms with Crippen LogP contribution in [0.1, 0.15) is 5.56 Å². The minimum atomic E-state index is -0.551. The smallest absolute Gasteiger partial charge is 0.407 e. The molecule has 1 aromatic carbocycles. The molecule has 0 aliphatic heterocycles. The second kappa shape index (κ2) is 5.99. The highest BCUT2D eigenvalue weighted by Crippen LogP contribution is 1.99. The van der Waals surface area contributed by atoms with Gasteiger partial charge in [-0.2, -0.15) is 0 Å². The van der Waals surface area contributed by atoms with E-state index in [9.17, 15) is 9.90 Å². The van der Waals surface area contributed by atoms with E-state index in [-0.39, 0.29) is 19.8 Å². The fourth-order valence-electron chi connectivity index (χ4n) is 0.927. The Bertz CT molecular complexity index is 274. The van der Waals surface area contributed by atoms with Crippen molar-refractivity contribution in [1.82, 2.24) is 5.32 Å². The Morgan fingerprint density at radius 1 is 1.36 bits per heavy atom. The molecule has 0 spiro atoms. The molecule has 1 rings (SSSR count). The van der Waals surface area contributed by atoms with E-state index in [1.165, 1.54) is 0 Å². The van der Waals surface area contributed by atoms with E-state index in [4.69, 9.17) is 4.74 Å². The first-order valence-corrected chi connectivity index (χ1v) is 4.35. The van der Waals surface area contributed by atoms with Crippen LogP contribution in [0.15, 0.2) is 30.3 Å². The quantitative estimate of drug-likeness (QED) is 0.748. The molecule has 4 heteroatoms. The molecule has 1 amide bonds. The number of hydrogen-bond donors (Lipinski definition) is 1. The molecule has 1 aromatic rings. The van der Waals surface area contributed by atoms with E-state index in [0.29, 0.717) is 0 Å². The molecule has 0 radical (unpaired) electrons. The van der Waals surface area contributed by atoms with Crippen LogP contribution in [0.2, 0.25) is 0 Å². The van der Waals surface area contributed by atoms with Crippen molar-refractivity contribution < 1.29 is 14.6 Å². The van der Waals surface area contributed by atoms with Gasteiger partial charge in [0.15, 0.2) is 0 Å². The minimum absolute atomic E-state index is 0.105. The zero-order valence-corrected chi connectivity index (χ0v) is 7.73.